The Balaban J connectivity index is 1.29. The largest absolute Gasteiger partial charge is 0.444 e. The quantitative estimate of drug-likeness (QED) is 0.428. The lowest BCUT2D eigenvalue weighted by atomic mass is 9.85. The summed E-state index contributed by atoms with van der Waals surface area (Å²) in [6.45, 7) is 7.51. The van der Waals surface area contributed by atoms with E-state index in [4.69, 9.17) is 9.47 Å². The molecular formula is C31H44N4O6. The Hall–Kier alpha value is -2.98. The van der Waals surface area contributed by atoms with Gasteiger partial charge in [0.1, 0.15) is 11.6 Å². The van der Waals surface area contributed by atoms with E-state index in [2.05, 4.69) is 22.0 Å². The van der Waals surface area contributed by atoms with E-state index in [1.807, 2.05) is 32.9 Å². The van der Waals surface area contributed by atoms with Gasteiger partial charge in [-0.2, -0.15) is 0 Å². The van der Waals surface area contributed by atoms with Gasteiger partial charge in [-0.25, -0.2) is 4.79 Å². The van der Waals surface area contributed by atoms with Crippen molar-refractivity contribution in [3.05, 3.63) is 34.9 Å². The molecule has 41 heavy (non-hydrogen) atoms. The lowest BCUT2D eigenvalue weighted by Gasteiger charge is -2.35. The van der Waals surface area contributed by atoms with Gasteiger partial charge in [0.2, 0.25) is 11.8 Å². The number of alkyl carbamates (subject to hydrolysis) is 1. The van der Waals surface area contributed by atoms with Gasteiger partial charge in [0.25, 0.3) is 5.91 Å². The van der Waals surface area contributed by atoms with Crippen molar-refractivity contribution in [1.29, 1.82) is 0 Å². The molecule has 1 aromatic rings. The highest BCUT2D eigenvalue weighted by Crippen LogP contribution is 2.37. The molecule has 5 rings (SSSR count). The Kier molecular flexibility index (Phi) is 8.99. The molecule has 4 aliphatic rings. The molecule has 1 saturated carbocycles. The van der Waals surface area contributed by atoms with Crippen LogP contribution in [0, 0.1) is 5.92 Å². The van der Waals surface area contributed by atoms with Crippen LogP contribution in [0.5, 0.6) is 0 Å². The second-order valence-electron chi connectivity index (χ2n) is 13.0. The van der Waals surface area contributed by atoms with Gasteiger partial charge in [-0.3, -0.25) is 19.7 Å². The maximum absolute atomic E-state index is 13.5. The van der Waals surface area contributed by atoms with Crippen LogP contribution in [0.1, 0.15) is 106 Å². The van der Waals surface area contributed by atoms with Gasteiger partial charge in [-0.05, 0) is 95.2 Å². The zero-order chi connectivity index (χ0) is 29.1. The highest BCUT2D eigenvalue weighted by molar-refractivity contribution is 6.05. The van der Waals surface area contributed by atoms with Crippen LogP contribution in [0.4, 0.5) is 4.79 Å². The number of rotatable bonds is 7. The molecule has 10 nitrogen and oxygen atoms in total. The molecule has 1 aromatic carbocycles. The van der Waals surface area contributed by atoms with E-state index in [9.17, 15) is 19.2 Å². The lowest BCUT2D eigenvalue weighted by Crippen LogP contribution is -2.52. The molecule has 4 amide bonds. The average molecular weight is 569 g/mol. The normalized spacial score (nSPS) is 26.4. The summed E-state index contributed by atoms with van der Waals surface area (Å²) in [4.78, 5) is 51.7. The van der Waals surface area contributed by atoms with Gasteiger partial charge in [0.15, 0.2) is 0 Å². The van der Waals surface area contributed by atoms with Crippen LogP contribution in [0.3, 0.4) is 0 Å². The van der Waals surface area contributed by atoms with Crippen molar-refractivity contribution in [2.45, 2.75) is 115 Å². The lowest BCUT2D eigenvalue weighted by molar-refractivity contribution is -0.136. The molecule has 0 aromatic heterocycles. The van der Waals surface area contributed by atoms with E-state index in [-0.39, 0.29) is 42.5 Å². The van der Waals surface area contributed by atoms with Gasteiger partial charge in [0, 0.05) is 49.9 Å². The third-order valence-corrected chi connectivity index (χ3v) is 8.79. The van der Waals surface area contributed by atoms with Crippen LogP contribution in [0.2, 0.25) is 0 Å². The first-order chi connectivity index (χ1) is 19.6. The number of hydrogen-bond acceptors (Lipinski definition) is 7. The van der Waals surface area contributed by atoms with Crippen molar-refractivity contribution >= 4 is 23.8 Å². The minimum atomic E-state index is -0.630. The summed E-state index contributed by atoms with van der Waals surface area (Å²) in [5, 5.41) is 9.37. The van der Waals surface area contributed by atoms with Crippen molar-refractivity contribution in [2.24, 2.45) is 5.92 Å². The predicted molar refractivity (Wildman–Crippen MR) is 152 cm³/mol. The number of imide groups is 1. The maximum Gasteiger partial charge on any atom is 0.407 e. The number of hydrogen-bond donors (Lipinski definition) is 3. The van der Waals surface area contributed by atoms with Crippen LogP contribution in [0.15, 0.2) is 18.2 Å². The fourth-order valence-electron chi connectivity index (χ4n) is 6.70. The molecule has 0 spiro atoms. The highest BCUT2D eigenvalue weighted by Gasteiger charge is 2.41. The summed E-state index contributed by atoms with van der Waals surface area (Å²) in [5.41, 5.74) is 2.22. The summed E-state index contributed by atoms with van der Waals surface area (Å²) >= 11 is 0. The molecule has 2 saturated heterocycles. The molecule has 10 heteroatoms. The van der Waals surface area contributed by atoms with Crippen LogP contribution in [0.25, 0.3) is 0 Å². The van der Waals surface area contributed by atoms with Gasteiger partial charge in [-0.1, -0.05) is 12.1 Å². The molecule has 3 aliphatic heterocycles. The number of benzene rings is 1. The molecule has 224 valence electrons. The van der Waals surface area contributed by atoms with Crippen molar-refractivity contribution in [1.82, 2.24) is 20.9 Å². The average Bonchev–Trinajstić information content (AvgIpc) is 3.25. The third-order valence-electron chi connectivity index (χ3n) is 8.79. The number of nitrogens with one attached hydrogen (secondary N) is 3. The Labute approximate surface area is 242 Å². The first-order valence-corrected chi connectivity index (χ1v) is 15.2. The van der Waals surface area contributed by atoms with Gasteiger partial charge >= 0.3 is 6.09 Å². The SMILES string of the molecule is CC(C)(C)OC(=O)NC1CCC(N[C@H](CC2CCOCC2)c2cccc3c2CN([C@@H]2CCC(=O)NC2=O)C3=O)CC1. The Morgan fingerprint density at radius 2 is 1.76 bits per heavy atom. The first kappa shape index (κ1) is 29.5. The fraction of sp³-hybridized carbons (Fsp3) is 0.677. The zero-order valence-corrected chi connectivity index (χ0v) is 24.5. The Morgan fingerprint density at radius 1 is 1.05 bits per heavy atom. The van der Waals surface area contributed by atoms with Crippen LogP contribution < -0.4 is 16.0 Å². The molecule has 0 bridgehead atoms. The monoisotopic (exact) mass is 568 g/mol. The number of piperidine rings is 1. The predicted octanol–water partition coefficient (Wildman–Crippen LogP) is 3.73. The first-order valence-electron chi connectivity index (χ1n) is 15.2. The van der Waals surface area contributed by atoms with Crippen molar-refractivity contribution in [2.75, 3.05) is 13.2 Å². The molecular weight excluding hydrogens is 524 g/mol. The molecule has 2 atom stereocenters. The highest BCUT2D eigenvalue weighted by atomic mass is 16.6. The third kappa shape index (κ3) is 7.27. The summed E-state index contributed by atoms with van der Waals surface area (Å²) in [5.74, 6) is -0.300. The van der Waals surface area contributed by atoms with Gasteiger partial charge < -0.3 is 25.0 Å². The standard InChI is InChI=1S/C31H44N4O6/c1-31(2,3)41-30(39)33-21-9-7-20(8-10-21)32-25(17-19-13-15-40-16-14-19)22-5-4-6-23-24(22)18-35(29(23)38)26-11-12-27(36)34-28(26)37/h4-6,19-21,25-26,32H,7-18H2,1-3H3,(H,33,39)(H,34,36,37)/t20?,21?,25-,26-/m1/s1. The van der Waals surface area contributed by atoms with E-state index in [1.165, 1.54) is 0 Å². The van der Waals surface area contributed by atoms with Gasteiger partial charge in [-0.15, -0.1) is 0 Å². The minimum Gasteiger partial charge on any atom is -0.444 e. The van der Waals surface area contributed by atoms with E-state index in [0.29, 0.717) is 24.4 Å². The van der Waals surface area contributed by atoms with E-state index < -0.39 is 17.6 Å². The van der Waals surface area contributed by atoms with Crippen molar-refractivity contribution in [3.63, 3.8) is 0 Å². The Bertz CT molecular complexity index is 1150. The molecule has 3 fully saturated rings. The maximum atomic E-state index is 13.5. The fourth-order valence-corrected chi connectivity index (χ4v) is 6.70. The van der Waals surface area contributed by atoms with Crippen LogP contribution in [-0.4, -0.2) is 65.7 Å². The second-order valence-corrected chi connectivity index (χ2v) is 13.0. The topological polar surface area (TPSA) is 126 Å². The summed E-state index contributed by atoms with van der Waals surface area (Å²) in [6.07, 6.45) is 6.81. The number of amides is 4. The summed E-state index contributed by atoms with van der Waals surface area (Å²) in [6, 6.07) is 5.73. The zero-order valence-electron chi connectivity index (χ0n) is 24.5. The van der Waals surface area contributed by atoms with Crippen molar-refractivity contribution < 1.29 is 28.7 Å². The molecule has 3 N–H and O–H groups in total. The summed E-state index contributed by atoms with van der Waals surface area (Å²) in [7, 11) is 0. The number of carbonyl (C=O) groups excluding carboxylic acids is 4. The Morgan fingerprint density at radius 3 is 2.44 bits per heavy atom. The number of carbonyl (C=O) groups is 4. The number of fused-ring (bicyclic) bond motifs is 1. The van der Waals surface area contributed by atoms with Crippen LogP contribution >= 0.6 is 0 Å². The summed E-state index contributed by atoms with van der Waals surface area (Å²) < 4.78 is 11.1. The molecule has 0 unspecified atom stereocenters. The smallest absolute Gasteiger partial charge is 0.407 e. The minimum absolute atomic E-state index is 0.0583. The number of nitrogens with zero attached hydrogens (tertiary/aromatic N) is 1. The number of ether oxygens (including phenoxy) is 2. The van der Waals surface area contributed by atoms with E-state index >= 15 is 0 Å². The van der Waals surface area contributed by atoms with E-state index in [0.717, 1.165) is 69.3 Å². The van der Waals surface area contributed by atoms with Gasteiger partial charge in [0.05, 0.1) is 0 Å². The second kappa shape index (κ2) is 12.5. The van der Waals surface area contributed by atoms with Crippen LogP contribution in [-0.2, 0) is 25.6 Å². The molecule has 0 radical (unpaired) electrons. The van der Waals surface area contributed by atoms with E-state index in [1.54, 1.807) is 4.90 Å². The van der Waals surface area contributed by atoms with Crippen molar-refractivity contribution in [3.8, 4) is 0 Å². The molecule has 1 aliphatic carbocycles. The molecule has 3 heterocycles.